The number of benzene rings is 1. The largest absolute Gasteiger partial charge is 0.488 e. The molecule has 1 saturated carbocycles. The van der Waals surface area contributed by atoms with Gasteiger partial charge in [0.25, 0.3) is 0 Å². The fourth-order valence-corrected chi connectivity index (χ4v) is 2.93. The van der Waals surface area contributed by atoms with E-state index in [-0.39, 0.29) is 17.1 Å². The van der Waals surface area contributed by atoms with Gasteiger partial charge in [-0.05, 0) is 31.4 Å². The van der Waals surface area contributed by atoms with Crippen molar-refractivity contribution in [2.75, 3.05) is 12.8 Å². The summed E-state index contributed by atoms with van der Waals surface area (Å²) in [5, 5.41) is 5.11. The van der Waals surface area contributed by atoms with E-state index in [1.165, 1.54) is 18.2 Å². The Morgan fingerprint density at radius 3 is 2.60 bits per heavy atom. The van der Waals surface area contributed by atoms with E-state index in [0.717, 1.165) is 25.7 Å². The molecule has 2 unspecified atom stereocenters. The van der Waals surface area contributed by atoms with Gasteiger partial charge in [0.1, 0.15) is 11.9 Å². The van der Waals surface area contributed by atoms with Crippen LogP contribution in [-0.2, 0) is 14.8 Å². The number of methoxy groups -OCH3 is 1. The molecule has 1 aliphatic rings. The third-order valence-electron chi connectivity index (χ3n) is 3.52. The van der Waals surface area contributed by atoms with Crippen molar-refractivity contribution in [3.05, 3.63) is 18.2 Å². The summed E-state index contributed by atoms with van der Waals surface area (Å²) in [5.74, 6) is 0.360. The summed E-state index contributed by atoms with van der Waals surface area (Å²) in [4.78, 5) is 0.000742. The fraction of sp³-hybridized carbons (Fsp3) is 0.538. The van der Waals surface area contributed by atoms with Crippen molar-refractivity contribution in [3.8, 4) is 5.75 Å². The SMILES string of the molecule is COC1CCCC(Oc2cc(S(N)(=O)=O)ccc2N)C1. The minimum atomic E-state index is -3.76. The maximum absolute atomic E-state index is 11.3. The van der Waals surface area contributed by atoms with Crippen LogP contribution in [0.5, 0.6) is 5.75 Å². The summed E-state index contributed by atoms with van der Waals surface area (Å²) in [6.45, 7) is 0. The number of anilines is 1. The molecule has 1 aromatic rings. The lowest BCUT2D eigenvalue weighted by Gasteiger charge is -2.29. The van der Waals surface area contributed by atoms with Crippen molar-refractivity contribution in [2.24, 2.45) is 5.14 Å². The zero-order valence-electron chi connectivity index (χ0n) is 11.4. The standard InChI is InChI=1S/C13H20N2O4S/c1-18-9-3-2-4-10(7-9)19-13-8-11(20(15,16)17)5-6-12(13)14/h5-6,8-10H,2-4,7,14H2,1H3,(H2,15,16,17). The van der Waals surface area contributed by atoms with E-state index >= 15 is 0 Å². The summed E-state index contributed by atoms with van der Waals surface area (Å²) >= 11 is 0. The van der Waals surface area contributed by atoms with Gasteiger partial charge in [-0.1, -0.05) is 0 Å². The Hall–Kier alpha value is -1.31. The number of nitrogens with two attached hydrogens (primary N) is 2. The van der Waals surface area contributed by atoms with Crippen molar-refractivity contribution in [1.82, 2.24) is 0 Å². The van der Waals surface area contributed by atoms with Crippen molar-refractivity contribution in [2.45, 2.75) is 42.8 Å². The van der Waals surface area contributed by atoms with Crippen molar-refractivity contribution < 1.29 is 17.9 Å². The molecule has 4 N–H and O–H groups in total. The van der Waals surface area contributed by atoms with Crippen LogP contribution in [-0.4, -0.2) is 27.7 Å². The molecule has 1 aliphatic carbocycles. The highest BCUT2D eigenvalue weighted by Gasteiger charge is 2.24. The minimum Gasteiger partial charge on any atom is -0.488 e. The van der Waals surface area contributed by atoms with Gasteiger partial charge in [-0.3, -0.25) is 0 Å². The summed E-state index contributed by atoms with van der Waals surface area (Å²) < 4.78 is 33.9. The molecular weight excluding hydrogens is 280 g/mol. The minimum absolute atomic E-state index is 0.000742. The van der Waals surface area contributed by atoms with E-state index in [9.17, 15) is 8.42 Å². The predicted octanol–water partition coefficient (Wildman–Crippen LogP) is 1.25. The molecule has 2 atom stereocenters. The Morgan fingerprint density at radius 1 is 1.25 bits per heavy atom. The Labute approximate surface area is 119 Å². The first-order valence-corrected chi connectivity index (χ1v) is 8.06. The Morgan fingerprint density at radius 2 is 1.95 bits per heavy atom. The quantitative estimate of drug-likeness (QED) is 0.814. The molecule has 0 saturated heterocycles. The van der Waals surface area contributed by atoms with Gasteiger partial charge in [-0.25, -0.2) is 13.6 Å². The maximum Gasteiger partial charge on any atom is 0.238 e. The molecule has 2 rings (SSSR count). The number of hydrogen-bond donors (Lipinski definition) is 2. The highest BCUT2D eigenvalue weighted by molar-refractivity contribution is 7.89. The van der Waals surface area contributed by atoms with Gasteiger partial charge in [0, 0.05) is 19.6 Å². The summed E-state index contributed by atoms with van der Waals surface area (Å²) in [6, 6.07) is 4.24. The maximum atomic E-state index is 11.3. The van der Waals surface area contributed by atoms with E-state index in [4.69, 9.17) is 20.3 Å². The molecule has 20 heavy (non-hydrogen) atoms. The van der Waals surface area contributed by atoms with E-state index in [0.29, 0.717) is 11.4 Å². The number of rotatable bonds is 4. The van der Waals surface area contributed by atoms with Crippen LogP contribution in [0.2, 0.25) is 0 Å². The molecule has 1 fully saturated rings. The molecule has 0 aromatic heterocycles. The van der Waals surface area contributed by atoms with Crippen LogP contribution in [0.4, 0.5) is 5.69 Å². The Bertz CT molecular complexity index is 574. The summed E-state index contributed by atoms with van der Waals surface area (Å²) in [5.41, 5.74) is 6.23. The number of hydrogen-bond acceptors (Lipinski definition) is 5. The second-order valence-corrected chi connectivity index (χ2v) is 6.57. The van der Waals surface area contributed by atoms with Crippen LogP contribution < -0.4 is 15.6 Å². The predicted molar refractivity (Wildman–Crippen MR) is 75.9 cm³/mol. The van der Waals surface area contributed by atoms with Gasteiger partial charge in [-0.2, -0.15) is 0 Å². The Balaban J connectivity index is 2.16. The zero-order valence-corrected chi connectivity index (χ0v) is 12.2. The lowest BCUT2D eigenvalue weighted by Crippen LogP contribution is -2.29. The van der Waals surface area contributed by atoms with Gasteiger partial charge in [0.05, 0.1) is 16.7 Å². The molecule has 0 aliphatic heterocycles. The molecular formula is C13H20N2O4S. The lowest BCUT2D eigenvalue weighted by atomic mass is 9.95. The smallest absolute Gasteiger partial charge is 0.238 e. The molecule has 0 radical (unpaired) electrons. The van der Waals surface area contributed by atoms with Crippen molar-refractivity contribution >= 4 is 15.7 Å². The first kappa shape index (κ1) is 15.1. The second kappa shape index (κ2) is 5.99. The molecule has 0 bridgehead atoms. The lowest BCUT2D eigenvalue weighted by molar-refractivity contribution is 0.0211. The van der Waals surface area contributed by atoms with Crippen LogP contribution >= 0.6 is 0 Å². The summed E-state index contributed by atoms with van der Waals surface area (Å²) in [6.07, 6.45) is 3.86. The van der Waals surface area contributed by atoms with Crippen molar-refractivity contribution in [3.63, 3.8) is 0 Å². The zero-order chi connectivity index (χ0) is 14.8. The molecule has 112 valence electrons. The topological polar surface area (TPSA) is 105 Å². The molecule has 7 heteroatoms. The third-order valence-corrected chi connectivity index (χ3v) is 4.43. The van der Waals surface area contributed by atoms with Gasteiger partial charge in [0.15, 0.2) is 0 Å². The van der Waals surface area contributed by atoms with E-state index in [1.54, 1.807) is 7.11 Å². The molecule has 1 aromatic carbocycles. The summed E-state index contributed by atoms with van der Waals surface area (Å²) in [7, 11) is -2.08. The van der Waals surface area contributed by atoms with Gasteiger partial charge >= 0.3 is 0 Å². The highest BCUT2D eigenvalue weighted by atomic mass is 32.2. The first-order valence-electron chi connectivity index (χ1n) is 6.52. The van der Waals surface area contributed by atoms with Crippen LogP contribution in [0, 0.1) is 0 Å². The van der Waals surface area contributed by atoms with Gasteiger partial charge in [-0.15, -0.1) is 0 Å². The van der Waals surface area contributed by atoms with Crippen molar-refractivity contribution in [1.29, 1.82) is 0 Å². The van der Waals surface area contributed by atoms with Crippen LogP contribution in [0.15, 0.2) is 23.1 Å². The fourth-order valence-electron chi connectivity index (χ4n) is 2.40. The van der Waals surface area contributed by atoms with E-state index in [1.807, 2.05) is 0 Å². The van der Waals surface area contributed by atoms with Crippen LogP contribution in [0.1, 0.15) is 25.7 Å². The van der Waals surface area contributed by atoms with Gasteiger partial charge < -0.3 is 15.2 Å². The van der Waals surface area contributed by atoms with E-state index in [2.05, 4.69) is 0 Å². The highest BCUT2D eigenvalue weighted by Crippen LogP contribution is 2.30. The molecule has 0 heterocycles. The number of sulfonamides is 1. The molecule has 0 spiro atoms. The molecule has 6 nitrogen and oxygen atoms in total. The number of nitrogen functional groups attached to an aromatic ring is 1. The van der Waals surface area contributed by atoms with Crippen LogP contribution in [0.3, 0.4) is 0 Å². The monoisotopic (exact) mass is 300 g/mol. The number of ether oxygens (including phenoxy) is 2. The van der Waals surface area contributed by atoms with E-state index < -0.39 is 10.0 Å². The average Bonchev–Trinajstić information content (AvgIpc) is 2.40. The van der Waals surface area contributed by atoms with Crippen LogP contribution in [0.25, 0.3) is 0 Å². The Kier molecular flexibility index (Phi) is 4.52. The molecule has 0 amide bonds. The number of primary sulfonamides is 1. The normalized spacial score (nSPS) is 23.5. The first-order chi connectivity index (χ1) is 9.40. The van der Waals surface area contributed by atoms with Gasteiger partial charge in [0.2, 0.25) is 10.0 Å². The third kappa shape index (κ3) is 3.62. The second-order valence-electron chi connectivity index (χ2n) is 5.01. The average molecular weight is 300 g/mol.